The minimum atomic E-state index is 0.0286. The van der Waals surface area contributed by atoms with E-state index in [0.717, 1.165) is 17.1 Å². The molecule has 2 heterocycles. The van der Waals surface area contributed by atoms with Crippen LogP contribution in [0.25, 0.3) is 0 Å². The molecule has 0 saturated carbocycles. The Morgan fingerprint density at radius 2 is 2.05 bits per heavy atom. The van der Waals surface area contributed by atoms with Crippen LogP contribution in [-0.4, -0.2) is 27.2 Å². The smallest absolute Gasteiger partial charge is 0.217 e. The molecule has 1 aromatic carbocycles. The lowest BCUT2D eigenvalue weighted by molar-refractivity contribution is 0.380. The van der Waals surface area contributed by atoms with Gasteiger partial charge in [0.1, 0.15) is 11.8 Å². The van der Waals surface area contributed by atoms with Crippen molar-refractivity contribution in [2.75, 3.05) is 26.2 Å². The summed E-state index contributed by atoms with van der Waals surface area (Å²) in [5.41, 5.74) is 1.95. The summed E-state index contributed by atoms with van der Waals surface area (Å²) in [6, 6.07) is 10.1. The molecule has 2 aromatic rings. The normalized spacial score (nSPS) is 17.4. The number of nitrogens with zero attached hydrogens (tertiary/aromatic N) is 2. The summed E-state index contributed by atoms with van der Waals surface area (Å²) in [4.78, 5) is 8.04. The zero-order chi connectivity index (χ0) is 14.1. The number of likely N-dealkylation sites (N-methyl/N-ethyl adjacent to an activating group) is 1. The summed E-state index contributed by atoms with van der Waals surface area (Å²) in [5, 5.41) is 2.07. The van der Waals surface area contributed by atoms with E-state index in [9.17, 15) is 0 Å². The van der Waals surface area contributed by atoms with Crippen LogP contribution in [0.4, 0.5) is 11.4 Å². The number of ether oxygens (including phenoxy) is 2. The maximum absolute atomic E-state index is 5.50. The van der Waals surface area contributed by atoms with E-state index in [1.165, 1.54) is 4.88 Å². The highest BCUT2D eigenvalue weighted by atomic mass is 32.1. The molecule has 5 heteroatoms. The van der Waals surface area contributed by atoms with Gasteiger partial charge in [0.25, 0.3) is 0 Å². The molecule has 3 rings (SSSR count). The molecule has 0 bridgehead atoms. The average molecular weight is 288 g/mol. The monoisotopic (exact) mass is 288 g/mol. The minimum Gasteiger partial charge on any atom is -0.497 e. The third-order valence-electron chi connectivity index (χ3n) is 3.44. The van der Waals surface area contributed by atoms with E-state index in [2.05, 4.69) is 28.4 Å². The molecule has 1 unspecified atom stereocenters. The first-order valence-electron chi connectivity index (χ1n) is 6.31. The van der Waals surface area contributed by atoms with E-state index >= 15 is 0 Å². The Labute approximate surface area is 122 Å². The second-order valence-electron chi connectivity index (χ2n) is 4.54. The SMILES string of the molecule is COC1=Nc2cc(OC)ccc2N(C)C1c1cccs1. The number of benzene rings is 1. The molecule has 1 atom stereocenters. The first kappa shape index (κ1) is 13.0. The largest absolute Gasteiger partial charge is 0.497 e. The van der Waals surface area contributed by atoms with Gasteiger partial charge in [-0.3, -0.25) is 0 Å². The molecule has 4 nitrogen and oxygen atoms in total. The third kappa shape index (κ3) is 2.04. The molecule has 1 aliphatic heterocycles. The zero-order valence-corrected chi connectivity index (χ0v) is 12.5. The highest BCUT2D eigenvalue weighted by Gasteiger charge is 2.31. The fourth-order valence-corrected chi connectivity index (χ4v) is 3.28. The van der Waals surface area contributed by atoms with Gasteiger partial charge in [0.15, 0.2) is 0 Å². The van der Waals surface area contributed by atoms with Gasteiger partial charge in [-0.2, -0.15) is 0 Å². The summed E-state index contributed by atoms with van der Waals surface area (Å²) in [7, 11) is 5.38. The van der Waals surface area contributed by atoms with Crippen LogP contribution in [0, 0.1) is 0 Å². The van der Waals surface area contributed by atoms with Gasteiger partial charge in [-0.1, -0.05) is 6.07 Å². The fraction of sp³-hybridized carbons (Fsp3) is 0.267. The number of aliphatic imine (C=N–C) groups is 1. The molecular formula is C15H16N2O2S. The highest BCUT2D eigenvalue weighted by molar-refractivity contribution is 7.10. The van der Waals surface area contributed by atoms with E-state index in [1.807, 2.05) is 24.3 Å². The molecule has 0 spiro atoms. The zero-order valence-electron chi connectivity index (χ0n) is 11.7. The van der Waals surface area contributed by atoms with E-state index < -0.39 is 0 Å². The standard InChI is InChI=1S/C15H16N2O2S/c1-17-12-7-6-10(18-2)9-11(12)16-15(19-3)14(17)13-5-4-8-20-13/h4-9,14H,1-3H3. The topological polar surface area (TPSA) is 34.1 Å². The Balaban J connectivity index is 2.10. The van der Waals surface area contributed by atoms with Crippen molar-refractivity contribution in [3.8, 4) is 5.75 Å². The number of hydrogen-bond acceptors (Lipinski definition) is 5. The van der Waals surface area contributed by atoms with Crippen molar-refractivity contribution in [2.24, 2.45) is 4.99 Å². The molecule has 0 saturated heterocycles. The second kappa shape index (κ2) is 5.17. The molecule has 104 valence electrons. The number of methoxy groups -OCH3 is 2. The van der Waals surface area contributed by atoms with Gasteiger partial charge in [-0.25, -0.2) is 4.99 Å². The Bertz CT molecular complexity index is 637. The molecule has 0 N–H and O–H groups in total. The van der Waals surface area contributed by atoms with E-state index in [1.54, 1.807) is 25.6 Å². The maximum Gasteiger partial charge on any atom is 0.217 e. The lowest BCUT2D eigenvalue weighted by Gasteiger charge is -2.33. The van der Waals surface area contributed by atoms with Crippen LogP contribution in [0.1, 0.15) is 10.9 Å². The minimum absolute atomic E-state index is 0.0286. The maximum atomic E-state index is 5.50. The van der Waals surface area contributed by atoms with Crippen LogP contribution in [0.5, 0.6) is 5.75 Å². The van der Waals surface area contributed by atoms with Crippen LogP contribution in [-0.2, 0) is 4.74 Å². The van der Waals surface area contributed by atoms with E-state index in [-0.39, 0.29) is 6.04 Å². The number of rotatable bonds is 2. The Kier molecular flexibility index (Phi) is 3.36. The van der Waals surface area contributed by atoms with E-state index in [4.69, 9.17) is 9.47 Å². The summed E-state index contributed by atoms with van der Waals surface area (Å²) in [6.45, 7) is 0. The van der Waals surface area contributed by atoms with Gasteiger partial charge >= 0.3 is 0 Å². The molecule has 1 aromatic heterocycles. The lowest BCUT2D eigenvalue weighted by Crippen LogP contribution is -2.33. The molecule has 0 fully saturated rings. The van der Waals surface area contributed by atoms with E-state index in [0.29, 0.717) is 5.90 Å². The predicted octanol–water partition coefficient (Wildman–Crippen LogP) is 3.62. The number of fused-ring (bicyclic) bond motifs is 1. The van der Waals surface area contributed by atoms with Crippen LogP contribution in [0.2, 0.25) is 0 Å². The second-order valence-corrected chi connectivity index (χ2v) is 5.52. The van der Waals surface area contributed by atoms with Crippen molar-refractivity contribution in [1.82, 2.24) is 0 Å². The average Bonchev–Trinajstić information content (AvgIpc) is 3.00. The van der Waals surface area contributed by atoms with Gasteiger partial charge in [-0.15, -0.1) is 11.3 Å². The molecule has 20 heavy (non-hydrogen) atoms. The molecular weight excluding hydrogens is 272 g/mol. The predicted molar refractivity (Wildman–Crippen MR) is 82.6 cm³/mol. The van der Waals surface area contributed by atoms with Crippen molar-refractivity contribution in [1.29, 1.82) is 0 Å². The first-order chi connectivity index (χ1) is 9.74. The summed E-state index contributed by atoms with van der Waals surface area (Å²) >= 11 is 1.71. The van der Waals surface area contributed by atoms with Crippen LogP contribution < -0.4 is 9.64 Å². The van der Waals surface area contributed by atoms with Crippen molar-refractivity contribution < 1.29 is 9.47 Å². The highest BCUT2D eigenvalue weighted by Crippen LogP contribution is 2.42. The van der Waals surface area contributed by atoms with Crippen LogP contribution in [0.3, 0.4) is 0 Å². The van der Waals surface area contributed by atoms with Crippen molar-refractivity contribution in [3.05, 3.63) is 40.6 Å². The van der Waals surface area contributed by atoms with Crippen molar-refractivity contribution >= 4 is 28.6 Å². The Morgan fingerprint density at radius 1 is 1.20 bits per heavy atom. The van der Waals surface area contributed by atoms with Crippen LogP contribution in [0.15, 0.2) is 40.7 Å². The number of thiophene rings is 1. The Morgan fingerprint density at radius 3 is 2.70 bits per heavy atom. The van der Waals surface area contributed by atoms with Gasteiger partial charge in [0.2, 0.25) is 5.90 Å². The molecule has 0 aliphatic carbocycles. The van der Waals surface area contributed by atoms with Crippen LogP contribution >= 0.6 is 11.3 Å². The number of anilines is 1. The van der Waals surface area contributed by atoms with Crippen molar-refractivity contribution in [2.45, 2.75) is 6.04 Å². The Hall–Kier alpha value is -2.01. The molecule has 0 amide bonds. The lowest BCUT2D eigenvalue weighted by atomic mass is 10.1. The van der Waals surface area contributed by atoms with Gasteiger partial charge in [0, 0.05) is 18.0 Å². The first-order valence-corrected chi connectivity index (χ1v) is 7.19. The molecule has 1 aliphatic rings. The summed E-state index contributed by atoms with van der Waals surface area (Å²) in [5.74, 6) is 1.50. The van der Waals surface area contributed by atoms with Gasteiger partial charge < -0.3 is 14.4 Å². The summed E-state index contributed by atoms with van der Waals surface area (Å²) < 4.78 is 10.8. The van der Waals surface area contributed by atoms with Crippen molar-refractivity contribution in [3.63, 3.8) is 0 Å². The van der Waals surface area contributed by atoms with Gasteiger partial charge in [0.05, 0.1) is 25.6 Å². The quantitative estimate of drug-likeness (QED) is 0.846. The van der Waals surface area contributed by atoms with Gasteiger partial charge in [-0.05, 0) is 23.6 Å². The summed E-state index contributed by atoms with van der Waals surface area (Å²) in [6.07, 6.45) is 0. The third-order valence-corrected chi connectivity index (χ3v) is 4.36. The molecule has 0 radical (unpaired) electrons. The fourth-order valence-electron chi connectivity index (χ4n) is 2.42. The number of hydrogen-bond donors (Lipinski definition) is 0.